The highest BCUT2D eigenvalue weighted by Crippen LogP contribution is 2.23. The Morgan fingerprint density at radius 3 is 1.56 bits per heavy atom. The average Bonchev–Trinajstić information content (AvgIpc) is 3.00. The van der Waals surface area contributed by atoms with Crippen LogP contribution < -0.4 is 15.5 Å². The lowest BCUT2D eigenvalue weighted by Gasteiger charge is -2.42. The molecule has 1 nitrogen and oxygen atoms in total. The van der Waals surface area contributed by atoms with Crippen molar-refractivity contribution in [1.29, 1.82) is 0 Å². The maximum atomic E-state index is 2.39. The van der Waals surface area contributed by atoms with E-state index in [1.54, 1.807) is 10.9 Å². The van der Waals surface area contributed by atoms with Gasteiger partial charge < -0.3 is 0 Å². The number of unbranched alkanes of at least 4 members (excludes halogenated alkanes) is 7. The van der Waals surface area contributed by atoms with Gasteiger partial charge in [-0.3, -0.25) is 0 Å². The van der Waals surface area contributed by atoms with Gasteiger partial charge in [0.2, 0.25) is 5.52 Å². The standard InChI is InChI=1S/C22H32B.C17H24N/c1-5-7-17-23(18-8-6-2,21-13-9-19(3)10-14-21)22-15-11-20(4)12-16-22;1-2-3-4-5-6-9-14-18-15-10-12-16-11-7-8-13-17(16)18/h9-16H,5-8,17-18H2,1-4H3;7-8,10-13,15H,2-6,9,14H2,1H3/q-1;+1. The van der Waals surface area contributed by atoms with E-state index < -0.39 is 6.15 Å². The van der Waals surface area contributed by atoms with E-state index in [0.29, 0.717) is 0 Å². The molecule has 0 bridgehead atoms. The second-order valence-electron chi connectivity index (χ2n) is 12.4. The van der Waals surface area contributed by atoms with Crippen LogP contribution in [0.1, 0.15) is 96.1 Å². The Morgan fingerprint density at radius 1 is 0.512 bits per heavy atom. The van der Waals surface area contributed by atoms with Gasteiger partial charge in [-0.2, -0.15) is 17.2 Å². The molecule has 0 saturated carbocycles. The third-order valence-electron chi connectivity index (χ3n) is 9.07. The maximum absolute atomic E-state index is 2.39. The molecule has 0 fully saturated rings. The van der Waals surface area contributed by atoms with E-state index in [1.165, 1.54) is 98.9 Å². The van der Waals surface area contributed by atoms with Gasteiger partial charge in [-0.25, -0.2) is 10.9 Å². The zero-order valence-electron chi connectivity index (χ0n) is 26.9. The van der Waals surface area contributed by atoms with E-state index in [1.807, 2.05) is 0 Å². The lowest BCUT2D eigenvalue weighted by Crippen LogP contribution is -2.58. The topological polar surface area (TPSA) is 3.88 Å². The van der Waals surface area contributed by atoms with Gasteiger partial charge in [-0.15, -0.1) is 0 Å². The summed E-state index contributed by atoms with van der Waals surface area (Å²) in [4.78, 5) is 0. The molecule has 220 valence electrons. The first-order valence-electron chi connectivity index (χ1n) is 16.7. The number of aryl methyl sites for hydroxylation is 3. The summed E-state index contributed by atoms with van der Waals surface area (Å²) in [6.45, 7) is 12.4. The molecule has 0 saturated heterocycles. The fourth-order valence-electron chi connectivity index (χ4n) is 6.46. The van der Waals surface area contributed by atoms with Gasteiger partial charge in [0.15, 0.2) is 6.20 Å². The van der Waals surface area contributed by atoms with Crippen molar-refractivity contribution in [3.05, 3.63) is 102 Å². The molecule has 3 aromatic carbocycles. The summed E-state index contributed by atoms with van der Waals surface area (Å²) in [5.74, 6) is 0. The van der Waals surface area contributed by atoms with Crippen LogP contribution in [-0.2, 0) is 6.54 Å². The molecule has 0 radical (unpaired) electrons. The van der Waals surface area contributed by atoms with Crippen molar-refractivity contribution < 1.29 is 4.57 Å². The highest BCUT2D eigenvalue weighted by atomic mass is 14.9. The van der Waals surface area contributed by atoms with Crippen molar-refractivity contribution in [2.24, 2.45) is 0 Å². The average molecular weight is 550 g/mol. The SMILES string of the molecule is CCCCCCCC[n+]1cccc2ccccc21.CCCC[B-](CCCC)(c1ccc(C)cc1)c1ccc(C)cc1. The van der Waals surface area contributed by atoms with Gasteiger partial charge in [0.05, 0.1) is 6.15 Å². The minimum absolute atomic E-state index is 0.640. The molecule has 0 aliphatic heterocycles. The van der Waals surface area contributed by atoms with Crippen molar-refractivity contribution in [2.45, 2.75) is 118 Å². The van der Waals surface area contributed by atoms with Crippen molar-refractivity contribution in [3.63, 3.8) is 0 Å². The first-order chi connectivity index (χ1) is 20.0. The summed E-state index contributed by atoms with van der Waals surface area (Å²) >= 11 is 0. The molecule has 4 aromatic rings. The van der Waals surface area contributed by atoms with E-state index in [4.69, 9.17) is 0 Å². The molecule has 41 heavy (non-hydrogen) atoms. The highest BCUT2D eigenvalue weighted by molar-refractivity contribution is 7.02. The molecule has 0 N–H and O–H groups in total. The number of fused-ring (bicyclic) bond motifs is 1. The molecule has 0 spiro atoms. The molecular formula is C39H56BN. The van der Waals surface area contributed by atoms with E-state index >= 15 is 0 Å². The first kappa shape index (κ1) is 32.6. The summed E-state index contributed by atoms with van der Waals surface area (Å²) in [6.07, 6.45) is 17.5. The molecule has 0 unspecified atom stereocenters. The Hall–Kier alpha value is -2.87. The van der Waals surface area contributed by atoms with Crippen LogP contribution in [0.25, 0.3) is 10.9 Å². The molecular weight excluding hydrogens is 493 g/mol. The van der Waals surface area contributed by atoms with Crippen molar-refractivity contribution in [1.82, 2.24) is 0 Å². The van der Waals surface area contributed by atoms with Gasteiger partial charge >= 0.3 is 0 Å². The van der Waals surface area contributed by atoms with Crippen molar-refractivity contribution in [3.8, 4) is 0 Å². The van der Waals surface area contributed by atoms with Crippen LogP contribution in [0.15, 0.2) is 91.1 Å². The minimum atomic E-state index is -0.640. The number of benzene rings is 3. The Kier molecular flexibility index (Phi) is 14.2. The van der Waals surface area contributed by atoms with E-state index in [2.05, 4.69) is 130 Å². The van der Waals surface area contributed by atoms with Crippen molar-refractivity contribution >= 4 is 28.0 Å². The van der Waals surface area contributed by atoms with Gasteiger partial charge in [-0.05, 0) is 32.4 Å². The second kappa shape index (κ2) is 17.8. The summed E-state index contributed by atoms with van der Waals surface area (Å²) < 4.78 is 2.38. The lowest BCUT2D eigenvalue weighted by atomic mass is 9.15. The van der Waals surface area contributed by atoms with Crippen LogP contribution in [0, 0.1) is 13.8 Å². The summed E-state index contributed by atoms with van der Waals surface area (Å²) in [6, 6.07) is 31.7. The summed E-state index contributed by atoms with van der Waals surface area (Å²) in [7, 11) is 0. The van der Waals surface area contributed by atoms with Gasteiger partial charge in [0.1, 0.15) is 6.54 Å². The quantitative estimate of drug-likeness (QED) is 0.0789. The number of hydrogen-bond donors (Lipinski definition) is 0. The monoisotopic (exact) mass is 549 g/mol. The zero-order valence-corrected chi connectivity index (χ0v) is 26.9. The molecule has 1 aromatic heterocycles. The van der Waals surface area contributed by atoms with Crippen LogP contribution in [0.2, 0.25) is 12.6 Å². The van der Waals surface area contributed by atoms with Gasteiger partial charge in [0, 0.05) is 23.9 Å². The van der Waals surface area contributed by atoms with Crippen LogP contribution in [0.3, 0.4) is 0 Å². The number of aromatic nitrogens is 1. The molecule has 4 rings (SSSR count). The largest absolute Gasteiger partial charge is 0.212 e. The molecule has 0 aliphatic carbocycles. The van der Waals surface area contributed by atoms with Gasteiger partial charge in [-0.1, -0.05) is 144 Å². The van der Waals surface area contributed by atoms with E-state index in [-0.39, 0.29) is 0 Å². The number of para-hydroxylation sites is 1. The fourth-order valence-corrected chi connectivity index (χ4v) is 6.46. The number of pyridine rings is 1. The van der Waals surface area contributed by atoms with Crippen molar-refractivity contribution in [2.75, 3.05) is 0 Å². The van der Waals surface area contributed by atoms with Crippen LogP contribution in [0.4, 0.5) is 0 Å². The summed E-state index contributed by atoms with van der Waals surface area (Å²) in [5, 5.41) is 1.34. The Bertz CT molecular complexity index is 1200. The van der Waals surface area contributed by atoms with E-state index in [9.17, 15) is 0 Å². The Labute approximate surface area is 252 Å². The van der Waals surface area contributed by atoms with Crippen LogP contribution in [-0.4, -0.2) is 6.15 Å². The molecule has 0 amide bonds. The lowest BCUT2D eigenvalue weighted by molar-refractivity contribution is -0.671. The summed E-state index contributed by atoms with van der Waals surface area (Å²) in [5.41, 5.74) is 7.18. The minimum Gasteiger partial charge on any atom is -0.205 e. The third kappa shape index (κ3) is 9.87. The highest BCUT2D eigenvalue weighted by Gasteiger charge is 2.26. The third-order valence-corrected chi connectivity index (χ3v) is 9.07. The fraction of sp³-hybridized carbons (Fsp3) is 0.462. The van der Waals surface area contributed by atoms with Crippen LogP contribution in [0.5, 0.6) is 0 Å². The Balaban J connectivity index is 0.000000232. The predicted octanol–water partition coefficient (Wildman–Crippen LogP) is 9.95. The first-order valence-corrected chi connectivity index (χ1v) is 16.7. The van der Waals surface area contributed by atoms with E-state index in [0.717, 1.165) is 6.54 Å². The molecule has 2 heteroatoms. The molecule has 0 atom stereocenters. The number of hydrogen-bond acceptors (Lipinski definition) is 0. The number of nitrogens with zero attached hydrogens (tertiary/aromatic N) is 1. The normalized spacial score (nSPS) is 11.3. The number of rotatable bonds is 15. The molecule has 0 aliphatic rings. The van der Waals surface area contributed by atoms with Gasteiger partial charge in [0.25, 0.3) is 0 Å². The maximum Gasteiger partial charge on any atom is 0.212 e. The molecule has 1 heterocycles. The smallest absolute Gasteiger partial charge is 0.205 e. The second-order valence-corrected chi connectivity index (χ2v) is 12.4. The predicted molar refractivity (Wildman–Crippen MR) is 184 cm³/mol. The Morgan fingerprint density at radius 2 is 1.00 bits per heavy atom. The van der Waals surface area contributed by atoms with Crippen LogP contribution >= 0.6 is 0 Å². The zero-order chi connectivity index (χ0) is 29.3.